The first-order valence-corrected chi connectivity index (χ1v) is 10.2. The molecule has 8 heteroatoms. The molecule has 1 aromatic heterocycles. The number of anilines is 1. The number of hydrogen-bond acceptors (Lipinski definition) is 6. The molecule has 0 saturated carbocycles. The van der Waals surface area contributed by atoms with E-state index in [-0.39, 0.29) is 11.7 Å². The molecule has 0 unspecified atom stereocenters. The van der Waals surface area contributed by atoms with Crippen LogP contribution in [0.15, 0.2) is 53.7 Å². The van der Waals surface area contributed by atoms with Gasteiger partial charge >= 0.3 is 0 Å². The van der Waals surface area contributed by atoms with E-state index in [4.69, 9.17) is 9.47 Å². The smallest absolute Gasteiger partial charge is 0.237 e. The van der Waals surface area contributed by atoms with Crippen LogP contribution in [0.3, 0.4) is 0 Å². The Morgan fingerprint density at radius 2 is 1.72 bits per heavy atom. The molecule has 0 atom stereocenters. The topological polar surface area (TPSA) is 69.5 Å². The second kappa shape index (κ2) is 9.47. The van der Waals surface area contributed by atoms with E-state index in [9.17, 15) is 4.79 Å². The van der Waals surface area contributed by atoms with Gasteiger partial charge in [-0.1, -0.05) is 30.0 Å². The highest BCUT2D eigenvalue weighted by molar-refractivity contribution is 7.99. The van der Waals surface area contributed by atoms with Gasteiger partial charge in [-0.15, -0.1) is 10.2 Å². The second-order valence-electron chi connectivity index (χ2n) is 6.23. The molecule has 0 spiro atoms. The van der Waals surface area contributed by atoms with E-state index in [0.29, 0.717) is 29.0 Å². The third kappa shape index (κ3) is 4.71. The highest BCUT2D eigenvalue weighted by atomic mass is 32.2. The average Bonchev–Trinajstić information content (AvgIpc) is 3.20. The normalized spacial score (nSPS) is 10.6. The molecular weight excluding hydrogens is 388 g/mol. The molecule has 0 saturated heterocycles. The Balaban J connectivity index is 1.79. The van der Waals surface area contributed by atoms with Crippen molar-refractivity contribution in [3.8, 4) is 22.9 Å². The lowest BCUT2D eigenvalue weighted by Gasteiger charge is -2.17. The maximum atomic E-state index is 12.6. The zero-order chi connectivity index (χ0) is 20.8. The first-order chi connectivity index (χ1) is 14.1. The Kier molecular flexibility index (Phi) is 6.77. The second-order valence-corrected chi connectivity index (χ2v) is 7.17. The molecule has 152 valence electrons. The zero-order valence-electron chi connectivity index (χ0n) is 17.0. The van der Waals surface area contributed by atoms with Crippen LogP contribution in [0.1, 0.15) is 6.92 Å². The van der Waals surface area contributed by atoms with Crippen LogP contribution in [0.5, 0.6) is 11.5 Å². The van der Waals surface area contributed by atoms with Crippen LogP contribution in [-0.2, 0) is 11.3 Å². The Labute approximate surface area is 174 Å². The van der Waals surface area contributed by atoms with Crippen LogP contribution in [-0.4, -0.2) is 47.7 Å². The van der Waals surface area contributed by atoms with Crippen LogP contribution in [0.25, 0.3) is 11.4 Å². The van der Waals surface area contributed by atoms with E-state index >= 15 is 0 Å². The van der Waals surface area contributed by atoms with Gasteiger partial charge in [-0.05, 0) is 31.2 Å². The van der Waals surface area contributed by atoms with E-state index in [0.717, 1.165) is 11.3 Å². The van der Waals surface area contributed by atoms with Gasteiger partial charge in [0, 0.05) is 30.9 Å². The monoisotopic (exact) mass is 412 g/mol. The number of aromatic nitrogens is 3. The summed E-state index contributed by atoms with van der Waals surface area (Å²) in [5, 5.41) is 9.34. The molecule has 1 amide bonds. The molecule has 0 aliphatic heterocycles. The average molecular weight is 413 g/mol. The van der Waals surface area contributed by atoms with Gasteiger partial charge in [0.2, 0.25) is 5.91 Å². The lowest BCUT2D eigenvalue weighted by atomic mass is 10.2. The number of rotatable bonds is 8. The van der Waals surface area contributed by atoms with Gasteiger partial charge in [0.1, 0.15) is 11.5 Å². The van der Waals surface area contributed by atoms with Crippen molar-refractivity contribution in [2.75, 3.05) is 31.9 Å². The number of methoxy groups -OCH3 is 2. The van der Waals surface area contributed by atoms with Gasteiger partial charge in [-0.2, -0.15) is 0 Å². The Bertz CT molecular complexity index is 953. The lowest BCUT2D eigenvalue weighted by molar-refractivity contribution is -0.115. The number of thioether (sulfide) groups is 1. The lowest BCUT2D eigenvalue weighted by Crippen LogP contribution is -2.27. The van der Waals surface area contributed by atoms with Gasteiger partial charge in [-0.25, -0.2) is 0 Å². The number of amides is 1. The molecule has 0 N–H and O–H groups in total. The number of para-hydroxylation sites is 1. The van der Waals surface area contributed by atoms with Crippen molar-refractivity contribution < 1.29 is 14.3 Å². The molecule has 0 aliphatic rings. The van der Waals surface area contributed by atoms with Gasteiger partial charge in [0.15, 0.2) is 11.0 Å². The highest BCUT2D eigenvalue weighted by Crippen LogP contribution is 2.31. The SMILES string of the molecule is CCn1c(SCC(=O)N(C)c2ccccc2)nnc1-c1cc(OC)cc(OC)c1. The highest BCUT2D eigenvalue weighted by Gasteiger charge is 2.18. The van der Waals surface area contributed by atoms with E-state index in [1.54, 1.807) is 26.2 Å². The fourth-order valence-corrected chi connectivity index (χ4v) is 3.77. The first-order valence-electron chi connectivity index (χ1n) is 9.18. The summed E-state index contributed by atoms with van der Waals surface area (Å²) >= 11 is 1.37. The summed E-state index contributed by atoms with van der Waals surface area (Å²) in [5.41, 5.74) is 1.70. The molecule has 1 heterocycles. The van der Waals surface area contributed by atoms with Crippen LogP contribution >= 0.6 is 11.8 Å². The number of ether oxygens (including phenoxy) is 2. The minimum atomic E-state index is -0.00328. The van der Waals surface area contributed by atoms with Crippen LogP contribution in [0.2, 0.25) is 0 Å². The maximum Gasteiger partial charge on any atom is 0.237 e. The molecule has 3 aromatic rings. The van der Waals surface area contributed by atoms with Crippen molar-refractivity contribution in [1.29, 1.82) is 0 Å². The molecule has 2 aromatic carbocycles. The number of carbonyl (C=O) groups excluding carboxylic acids is 1. The number of benzene rings is 2. The van der Waals surface area contributed by atoms with Crippen molar-refractivity contribution in [1.82, 2.24) is 14.8 Å². The van der Waals surface area contributed by atoms with Crippen molar-refractivity contribution in [3.63, 3.8) is 0 Å². The van der Waals surface area contributed by atoms with Gasteiger partial charge in [0.25, 0.3) is 0 Å². The summed E-state index contributed by atoms with van der Waals surface area (Å²) in [5.74, 6) is 2.33. The van der Waals surface area contributed by atoms with Crippen LogP contribution < -0.4 is 14.4 Å². The summed E-state index contributed by atoms with van der Waals surface area (Å²) in [6.45, 7) is 2.69. The summed E-state index contributed by atoms with van der Waals surface area (Å²) in [7, 11) is 5.00. The number of carbonyl (C=O) groups is 1. The Morgan fingerprint density at radius 3 is 2.31 bits per heavy atom. The van der Waals surface area contributed by atoms with Crippen molar-refractivity contribution in [3.05, 3.63) is 48.5 Å². The van der Waals surface area contributed by atoms with Crippen molar-refractivity contribution in [2.24, 2.45) is 0 Å². The molecule has 0 bridgehead atoms. The standard InChI is InChI=1S/C21H24N4O3S/c1-5-25-20(15-11-17(27-3)13-18(12-15)28-4)22-23-21(25)29-14-19(26)24(2)16-9-7-6-8-10-16/h6-13H,5,14H2,1-4H3. The number of hydrogen-bond donors (Lipinski definition) is 0. The van der Waals surface area contributed by atoms with Crippen molar-refractivity contribution >= 4 is 23.4 Å². The molecule has 7 nitrogen and oxygen atoms in total. The van der Waals surface area contributed by atoms with E-state index in [1.807, 2.05) is 60.0 Å². The maximum absolute atomic E-state index is 12.6. The minimum absolute atomic E-state index is 0.00328. The minimum Gasteiger partial charge on any atom is -0.497 e. The summed E-state index contributed by atoms with van der Waals surface area (Å²) in [4.78, 5) is 14.2. The van der Waals surface area contributed by atoms with Gasteiger partial charge < -0.3 is 18.9 Å². The third-order valence-corrected chi connectivity index (χ3v) is 5.44. The fraction of sp³-hybridized carbons (Fsp3) is 0.286. The summed E-state index contributed by atoms with van der Waals surface area (Å²) in [6, 6.07) is 15.2. The Hall–Kier alpha value is -3.00. The zero-order valence-corrected chi connectivity index (χ0v) is 17.8. The van der Waals surface area contributed by atoms with Gasteiger partial charge in [0.05, 0.1) is 20.0 Å². The molecule has 0 fully saturated rings. The largest absolute Gasteiger partial charge is 0.497 e. The molecule has 0 radical (unpaired) electrons. The van der Waals surface area contributed by atoms with E-state index < -0.39 is 0 Å². The Morgan fingerprint density at radius 1 is 1.07 bits per heavy atom. The fourth-order valence-electron chi connectivity index (χ4n) is 2.85. The molecule has 29 heavy (non-hydrogen) atoms. The molecule has 0 aliphatic carbocycles. The van der Waals surface area contributed by atoms with E-state index in [1.165, 1.54) is 11.8 Å². The third-order valence-electron chi connectivity index (χ3n) is 4.49. The predicted octanol–water partition coefficient (Wildman–Crippen LogP) is 3.74. The summed E-state index contributed by atoms with van der Waals surface area (Å²) in [6.07, 6.45) is 0. The van der Waals surface area contributed by atoms with Crippen LogP contribution in [0, 0.1) is 0 Å². The quantitative estimate of drug-likeness (QED) is 0.525. The first kappa shape index (κ1) is 20.7. The van der Waals surface area contributed by atoms with E-state index in [2.05, 4.69) is 10.2 Å². The molecular formula is C21H24N4O3S. The van der Waals surface area contributed by atoms with Crippen molar-refractivity contribution in [2.45, 2.75) is 18.6 Å². The molecule has 3 rings (SSSR count). The van der Waals surface area contributed by atoms with Gasteiger partial charge in [-0.3, -0.25) is 4.79 Å². The number of nitrogens with zero attached hydrogens (tertiary/aromatic N) is 4. The van der Waals surface area contributed by atoms with Crippen LogP contribution in [0.4, 0.5) is 5.69 Å². The summed E-state index contributed by atoms with van der Waals surface area (Å²) < 4.78 is 12.7. The predicted molar refractivity (Wildman–Crippen MR) is 115 cm³/mol.